The Labute approximate surface area is 246 Å². The van der Waals surface area contributed by atoms with Gasteiger partial charge in [-0.2, -0.15) is 26.3 Å². The van der Waals surface area contributed by atoms with Gasteiger partial charge in [-0.15, -0.1) is 0 Å². The lowest BCUT2D eigenvalue weighted by atomic mass is 10.1. The Morgan fingerprint density at radius 2 is 1.57 bits per heavy atom. The van der Waals surface area contributed by atoms with Crippen LogP contribution >= 0.6 is 0 Å². The normalized spacial score (nSPS) is 13.4. The summed E-state index contributed by atoms with van der Waals surface area (Å²) < 4.78 is 90.5. The molecule has 11 heteroatoms. The Morgan fingerprint density at radius 3 is 2.10 bits per heavy atom. The average molecular weight is 616 g/mol. The molecule has 0 amide bonds. The molecule has 234 valence electrons. The van der Waals surface area contributed by atoms with Crippen LogP contribution in [0, 0.1) is 6.92 Å². The van der Waals surface area contributed by atoms with Crippen LogP contribution < -0.4 is 5.32 Å². The fourth-order valence-electron chi connectivity index (χ4n) is 4.97. The molecule has 0 unspecified atom stereocenters. The number of pyridine rings is 1. The number of halogens is 6. The van der Waals surface area contributed by atoms with Crippen molar-refractivity contribution in [2.45, 2.75) is 110 Å². The topological polar surface area (TPSA) is 39.1 Å². The van der Waals surface area contributed by atoms with Crippen LogP contribution in [0.1, 0.15) is 88.7 Å². The lowest BCUT2D eigenvalue weighted by molar-refractivity contribution is -0.142. The maximum absolute atomic E-state index is 14.0. The molecule has 2 heterocycles. The molecule has 0 saturated carbocycles. The number of nitrogens with zero attached hydrogens (tertiary/aromatic N) is 2. The number of hydrogen-bond acceptors (Lipinski definition) is 3. The quantitative estimate of drug-likeness (QED) is 0.172. The van der Waals surface area contributed by atoms with Crippen LogP contribution in [0.25, 0.3) is 10.9 Å². The van der Waals surface area contributed by atoms with Crippen molar-refractivity contribution in [1.82, 2.24) is 9.55 Å². The number of aromatic nitrogens is 2. The third-order valence-electron chi connectivity index (χ3n) is 8.20. The molecule has 1 N–H and O–H groups in total. The van der Waals surface area contributed by atoms with Crippen molar-refractivity contribution in [2.75, 3.05) is 11.9 Å². The van der Waals surface area contributed by atoms with Crippen LogP contribution in [0.5, 0.6) is 0 Å². The van der Waals surface area contributed by atoms with E-state index < -0.39 is 37.5 Å². The summed E-state index contributed by atoms with van der Waals surface area (Å²) in [6.45, 7) is 17.2. The Morgan fingerprint density at radius 1 is 0.952 bits per heavy atom. The standard InChI is InChI=1S/C31H43F6N3OSi/c1-9-11-23(12-10-2)40-19-21(15-16-41-42(7,8)29(4,5)6)27-26(40)17-20(3)38-28(27)39-25-14-13-22(30(32,33)34)18-24(25)31(35,36)37/h13-14,17-19,23H,9-12,15-16H2,1-8H3,(H,38,39). The van der Waals surface area contributed by atoms with E-state index in [2.05, 4.69) is 68.8 Å². The highest BCUT2D eigenvalue weighted by Crippen LogP contribution is 2.42. The van der Waals surface area contributed by atoms with Gasteiger partial charge in [-0.25, -0.2) is 4.98 Å². The molecule has 0 saturated heterocycles. The van der Waals surface area contributed by atoms with Crippen LogP contribution in [0.4, 0.5) is 37.8 Å². The minimum Gasteiger partial charge on any atom is -0.416 e. The summed E-state index contributed by atoms with van der Waals surface area (Å²) in [6, 6.07) is 3.74. The zero-order valence-corrected chi connectivity index (χ0v) is 26.8. The van der Waals surface area contributed by atoms with Gasteiger partial charge in [0, 0.05) is 29.9 Å². The van der Waals surface area contributed by atoms with E-state index in [0.717, 1.165) is 42.8 Å². The number of hydrogen-bond donors (Lipinski definition) is 1. The van der Waals surface area contributed by atoms with Gasteiger partial charge in [-0.3, -0.25) is 0 Å². The molecule has 0 aliphatic heterocycles. The second kappa shape index (κ2) is 12.6. The number of alkyl halides is 6. The summed E-state index contributed by atoms with van der Waals surface area (Å²) in [5, 5.41) is 3.45. The highest BCUT2D eigenvalue weighted by molar-refractivity contribution is 6.74. The van der Waals surface area contributed by atoms with Gasteiger partial charge in [-0.1, -0.05) is 47.5 Å². The molecule has 2 aromatic heterocycles. The first-order chi connectivity index (χ1) is 19.3. The maximum Gasteiger partial charge on any atom is 0.418 e. The molecule has 0 atom stereocenters. The van der Waals surface area contributed by atoms with Crippen molar-refractivity contribution in [1.29, 1.82) is 0 Å². The predicted molar refractivity (Wildman–Crippen MR) is 160 cm³/mol. The van der Waals surface area contributed by atoms with Crippen LogP contribution in [-0.4, -0.2) is 24.5 Å². The Hall–Kier alpha value is -2.53. The van der Waals surface area contributed by atoms with Gasteiger partial charge in [0.25, 0.3) is 0 Å². The molecule has 3 rings (SSSR count). The van der Waals surface area contributed by atoms with Gasteiger partial charge in [0.05, 0.1) is 22.3 Å². The monoisotopic (exact) mass is 615 g/mol. The van der Waals surface area contributed by atoms with E-state index in [9.17, 15) is 26.3 Å². The zero-order valence-electron chi connectivity index (χ0n) is 25.8. The molecule has 42 heavy (non-hydrogen) atoms. The molecule has 3 aromatic rings. The second-order valence-corrected chi connectivity index (χ2v) is 17.3. The van der Waals surface area contributed by atoms with Crippen molar-refractivity contribution >= 4 is 30.7 Å². The third kappa shape index (κ3) is 7.70. The fourth-order valence-corrected chi connectivity index (χ4v) is 6.02. The maximum atomic E-state index is 14.0. The van der Waals surface area contributed by atoms with Gasteiger partial charge in [0.1, 0.15) is 5.82 Å². The average Bonchev–Trinajstić information content (AvgIpc) is 3.20. The Kier molecular flexibility index (Phi) is 10.2. The Bertz CT molecular complexity index is 1370. The number of nitrogens with one attached hydrogen (secondary N) is 1. The summed E-state index contributed by atoms with van der Waals surface area (Å²) in [4.78, 5) is 4.57. The van der Waals surface area contributed by atoms with Crippen molar-refractivity contribution in [2.24, 2.45) is 0 Å². The van der Waals surface area contributed by atoms with E-state index in [1.54, 1.807) is 6.92 Å². The molecule has 0 aliphatic rings. The van der Waals surface area contributed by atoms with Crippen LogP contribution in [0.2, 0.25) is 18.1 Å². The Balaban J connectivity index is 2.19. The minimum absolute atomic E-state index is 0.0102. The highest BCUT2D eigenvalue weighted by Gasteiger charge is 2.39. The van der Waals surface area contributed by atoms with Gasteiger partial charge in [0.2, 0.25) is 0 Å². The number of rotatable bonds is 11. The molecule has 0 bridgehead atoms. The summed E-state index contributed by atoms with van der Waals surface area (Å²) in [5.41, 5.74) is -0.952. The zero-order chi connectivity index (χ0) is 31.7. The molecule has 0 fully saturated rings. The molecule has 1 aromatic carbocycles. The molecular weight excluding hydrogens is 572 g/mol. The summed E-state index contributed by atoms with van der Waals surface area (Å²) >= 11 is 0. The van der Waals surface area contributed by atoms with Crippen LogP contribution in [0.3, 0.4) is 0 Å². The molecule has 0 aliphatic carbocycles. The summed E-state index contributed by atoms with van der Waals surface area (Å²) in [5.74, 6) is 0.183. The number of anilines is 2. The van der Waals surface area contributed by atoms with Gasteiger partial charge in [0.15, 0.2) is 8.32 Å². The summed E-state index contributed by atoms with van der Waals surface area (Å²) in [6.07, 6.45) is -3.56. The minimum atomic E-state index is -5.01. The second-order valence-electron chi connectivity index (χ2n) is 12.5. The van der Waals surface area contributed by atoms with Crippen molar-refractivity contribution in [3.05, 3.63) is 52.8 Å². The van der Waals surface area contributed by atoms with Gasteiger partial charge in [-0.05, 0) is 74.1 Å². The first-order valence-corrected chi connectivity index (χ1v) is 17.4. The van der Waals surface area contributed by atoms with Crippen LogP contribution in [-0.2, 0) is 23.2 Å². The van der Waals surface area contributed by atoms with E-state index in [0.29, 0.717) is 30.2 Å². The SMILES string of the molecule is CCCC(CCC)n1cc(CCO[Si](C)(C)C(C)(C)C)c2c(Nc3ccc(C(F)(F)F)cc3C(F)(F)F)nc(C)cc21. The highest BCUT2D eigenvalue weighted by atomic mass is 28.4. The van der Waals surface area contributed by atoms with E-state index >= 15 is 0 Å². The van der Waals surface area contributed by atoms with E-state index in [1.165, 1.54) is 0 Å². The van der Waals surface area contributed by atoms with Gasteiger partial charge >= 0.3 is 12.4 Å². The van der Waals surface area contributed by atoms with Crippen molar-refractivity contribution in [3.8, 4) is 0 Å². The first-order valence-electron chi connectivity index (χ1n) is 14.5. The van der Waals surface area contributed by atoms with Crippen molar-refractivity contribution in [3.63, 3.8) is 0 Å². The number of fused-ring (bicyclic) bond motifs is 1. The fraction of sp³-hybridized carbons (Fsp3) is 0.581. The lowest BCUT2D eigenvalue weighted by Gasteiger charge is -2.36. The lowest BCUT2D eigenvalue weighted by Crippen LogP contribution is -2.41. The summed E-state index contributed by atoms with van der Waals surface area (Å²) in [7, 11) is -2.05. The largest absolute Gasteiger partial charge is 0.418 e. The van der Waals surface area contributed by atoms with E-state index in [-0.39, 0.29) is 23.0 Å². The molecule has 4 nitrogen and oxygen atoms in total. The van der Waals surface area contributed by atoms with Crippen molar-refractivity contribution < 1.29 is 30.8 Å². The molecular formula is C31H43F6N3OSi. The molecule has 0 spiro atoms. The van der Waals surface area contributed by atoms with E-state index in [1.807, 2.05) is 6.07 Å². The third-order valence-corrected chi connectivity index (χ3v) is 12.7. The number of benzene rings is 1. The van der Waals surface area contributed by atoms with Crippen LogP contribution in [0.15, 0.2) is 30.5 Å². The smallest absolute Gasteiger partial charge is 0.416 e. The predicted octanol–water partition coefficient (Wildman–Crippen LogP) is 10.8. The van der Waals surface area contributed by atoms with E-state index in [4.69, 9.17) is 4.43 Å². The number of aryl methyl sites for hydroxylation is 1. The van der Waals surface area contributed by atoms with Gasteiger partial charge < -0.3 is 14.3 Å². The molecule has 0 radical (unpaired) electrons. The first kappa shape index (κ1) is 34.0.